The summed E-state index contributed by atoms with van der Waals surface area (Å²) in [6, 6.07) is 15.7. The molecule has 0 saturated carbocycles. The van der Waals surface area contributed by atoms with Gasteiger partial charge in [-0.3, -0.25) is 4.79 Å². The van der Waals surface area contributed by atoms with Gasteiger partial charge in [-0.05, 0) is 49.4 Å². The summed E-state index contributed by atoms with van der Waals surface area (Å²) < 4.78 is 5.36. The number of hydrogen-bond acceptors (Lipinski definition) is 3. The summed E-state index contributed by atoms with van der Waals surface area (Å²) in [4.78, 5) is 12.1. The van der Waals surface area contributed by atoms with E-state index in [4.69, 9.17) is 10.00 Å². The van der Waals surface area contributed by atoms with E-state index < -0.39 is 0 Å². The average molecular weight is 266 g/mol. The topological polar surface area (TPSA) is 62.1 Å². The molecule has 0 spiro atoms. The SMILES string of the molecule is CCOc1cccc(C(=O)Nc2ccc(C#N)cc2)c1. The summed E-state index contributed by atoms with van der Waals surface area (Å²) in [5.41, 5.74) is 1.73. The summed E-state index contributed by atoms with van der Waals surface area (Å²) >= 11 is 0. The predicted octanol–water partition coefficient (Wildman–Crippen LogP) is 3.21. The summed E-state index contributed by atoms with van der Waals surface area (Å²) in [6.07, 6.45) is 0. The molecule has 2 aromatic rings. The lowest BCUT2D eigenvalue weighted by atomic mass is 10.2. The van der Waals surface area contributed by atoms with E-state index in [-0.39, 0.29) is 5.91 Å². The van der Waals surface area contributed by atoms with Gasteiger partial charge < -0.3 is 10.1 Å². The molecular weight excluding hydrogens is 252 g/mol. The minimum atomic E-state index is -0.212. The highest BCUT2D eigenvalue weighted by Gasteiger charge is 2.07. The van der Waals surface area contributed by atoms with E-state index >= 15 is 0 Å². The maximum absolute atomic E-state index is 12.1. The first kappa shape index (κ1) is 13.6. The maximum atomic E-state index is 12.1. The Morgan fingerprint density at radius 3 is 2.65 bits per heavy atom. The van der Waals surface area contributed by atoms with Crippen LogP contribution in [0.1, 0.15) is 22.8 Å². The maximum Gasteiger partial charge on any atom is 0.255 e. The van der Waals surface area contributed by atoms with Gasteiger partial charge >= 0.3 is 0 Å². The summed E-state index contributed by atoms with van der Waals surface area (Å²) in [5.74, 6) is 0.455. The molecule has 1 amide bonds. The zero-order valence-corrected chi connectivity index (χ0v) is 11.1. The van der Waals surface area contributed by atoms with Gasteiger partial charge in [0.2, 0.25) is 0 Å². The monoisotopic (exact) mass is 266 g/mol. The van der Waals surface area contributed by atoms with Crippen LogP contribution in [0.4, 0.5) is 5.69 Å². The van der Waals surface area contributed by atoms with Crippen molar-refractivity contribution in [3.63, 3.8) is 0 Å². The average Bonchev–Trinajstić information content (AvgIpc) is 2.48. The zero-order valence-electron chi connectivity index (χ0n) is 11.1. The second-order valence-corrected chi connectivity index (χ2v) is 4.10. The fraction of sp³-hybridized carbons (Fsp3) is 0.125. The normalized spacial score (nSPS) is 9.60. The standard InChI is InChI=1S/C16H14N2O2/c1-2-20-15-5-3-4-13(10-15)16(19)18-14-8-6-12(11-17)7-9-14/h3-10H,2H2,1H3,(H,18,19). The highest BCUT2D eigenvalue weighted by atomic mass is 16.5. The van der Waals surface area contributed by atoms with Crippen LogP contribution in [0.5, 0.6) is 5.75 Å². The van der Waals surface area contributed by atoms with Crippen LogP contribution >= 0.6 is 0 Å². The third-order valence-electron chi connectivity index (χ3n) is 2.68. The molecule has 2 rings (SSSR count). The molecule has 20 heavy (non-hydrogen) atoms. The third kappa shape index (κ3) is 3.36. The van der Waals surface area contributed by atoms with Crippen molar-refractivity contribution in [2.45, 2.75) is 6.92 Å². The minimum absolute atomic E-state index is 0.212. The van der Waals surface area contributed by atoms with Crippen molar-refractivity contribution >= 4 is 11.6 Å². The van der Waals surface area contributed by atoms with E-state index in [1.165, 1.54) is 0 Å². The molecule has 4 nitrogen and oxygen atoms in total. The predicted molar refractivity (Wildman–Crippen MR) is 76.7 cm³/mol. The van der Waals surface area contributed by atoms with Gasteiger partial charge in [0, 0.05) is 11.3 Å². The van der Waals surface area contributed by atoms with Crippen LogP contribution in [0.15, 0.2) is 48.5 Å². The number of amides is 1. The number of anilines is 1. The van der Waals surface area contributed by atoms with Crippen molar-refractivity contribution < 1.29 is 9.53 Å². The van der Waals surface area contributed by atoms with Crippen LogP contribution in [-0.2, 0) is 0 Å². The van der Waals surface area contributed by atoms with E-state index in [1.54, 1.807) is 42.5 Å². The smallest absolute Gasteiger partial charge is 0.255 e. The Labute approximate surface area is 117 Å². The van der Waals surface area contributed by atoms with Gasteiger partial charge in [-0.25, -0.2) is 0 Å². The van der Waals surface area contributed by atoms with Crippen LogP contribution in [0.2, 0.25) is 0 Å². The number of ether oxygens (including phenoxy) is 1. The molecular formula is C16H14N2O2. The van der Waals surface area contributed by atoms with Crippen molar-refractivity contribution in [1.29, 1.82) is 5.26 Å². The van der Waals surface area contributed by atoms with Gasteiger partial charge in [0.1, 0.15) is 5.75 Å². The summed E-state index contributed by atoms with van der Waals surface area (Å²) in [6.45, 7) is 2.45. The number of rotatable bonds is 4. The van der Waals surface area contributed by atoms with Crippen molar-refractivity contribution in [3.8, 4) is 11.8 Å². The number of nitrogens with one attached hydrogen (secondary N) is 1. The van der Waals surface area contributed by atoms with Gasteiger partial charge in [0.05, 0.1) is 18.2 Å². The molecule has 0 radical (unpaired) electrons. The van der Waals surface area contributed by atoms with Crippen LogP contribution < -0.4 is 10.1 Å². The van der Waals surface area contributed by atoms with E-state index in [1.807, 2.05) is 19.1 Å². The minimum Gasteiger partial charge on any atom is -0.494 e. The zero-order chi connectivity index (χ0) is 14.4. The van der Waals surface area contributed by atoms with E-state index in [2.05, 4.69) is 5.32 Å². The number of nitrogens with zero attached hydrogens (tertiary/aromatic N) is 1. The Kier molecular flexibility index (Phi) is 4.35. The molecule has 0 aliphatic heterocycles. The molecule has 100 valence electrons. The molecule has 0 saturated heterocycles. The van der Waals surface area contributed by atoms with E-state index in [0.29, 0.717) is 29.2 Å². The molecule has 0 atom stereocenters. The van der Waals surface area contributed by atoms with Crippen LogP contribution in [0, 0.1) is 11.3 Å². The highest BCUT2D eigenvalue weighted by molar-refractivity contribution is 6.04. The number of carbonyl (C=O) groups excluding carboxylic acids is 1. The lowest BCUT2D eigenvalue weighted by molar-refractivity contribution is 0.102. The first-order valence-electron chi connectivity index (χ1n) is 6.27. The third-order valence-corrected chi connectivity index (χ3v) is 2.68. The molecule has 0 bridgehead atoms. The second kappa shape index (κ2) is 6.39. The highest BCUT2D eigenvalue weighted by Crippen LogP contribution is 2.15. The Bertz CT molecular complexity index is 642. The van der Waals surface area contributed by atoms with Crippen molar-refractivity contribution in [2.24, 2.45) is 0 Å². The summed E-state index contributed by atoms with van der Waals surface area (Å²) in [7, 11) is 0. The molecule has 0 fully saturated rings. The number of carbonyl (C=O) groups is 1. The number of hydrogen-bond donors (Lipinski definition) is 1. The quantitative estimate of drug-likeness (QED) is 0.924. The van der Waals surface area contributed by atoms with Crippen LogP contribution in [-0.4, -0.2) is 12.5 Å². The molecule has 0 unspecified atom stereocenters. The Morgan fingerprint density at radius 2 is 2.00 bits per heavy atom. The Balaban J connectivity index is 2.11. The number of nitriles is 1. The fourth-order valence-corrected chi connectivity index (χ4v) is 1.73. The van der Waals surface area contributed by atoms with Gasteiger partial charge in [-0.2, -0.15) is 5.26 Å². The Hall–Kier alpha value is -2.80. The Morgan fingerprint density at radius 1 is 1.25 bits per heavy atom. The molecule has 2 aromatic carbocycles. The van der Waals surface area contributed by atoms with Crippen molar-refractivity contribution in [2.75, 3.05) is 11.9 Å². The van der Waals surface area contributed by atoms with Crippen molar-refractivity contribution in [1.82, 2.24) is 0 Å². The van der Waals surface area contributed by atoms with E-state index in [9.17, 15) is 4.79 Å². The number of benzene rings is 2. The molecule has 0 aliphatic rings. The largest absolute Gasteiger partial charge is 0.494 e. The van der Waals surface area contributed by atoms with Crippen LogP contribution in [0.3, 0.4) is 0 Å². The van der Waals surface area contributed by atoms with Crippen LogP contribution in [0.25, 0.3) is 0 Å². The first-order chi connectivity index (χ1) is 9.72. The lowest BCUT2D eigenvalue weighted by Gasteiger charge is -2.07. The van der Waals surface area contributed by atoms with Gasteiger partial charge in [-0.1, -0.05) is 6.07 Å². The van der Waals surface area contributed by atoms with Gasteiger partial charge in [-0.15, -0.1) is 0 Å². The van der Waals surface area contributed by atoms with Crippen molar-refractivity contribution in [3.05, 3.63) is 59.7 Å². The molecule has 0 aliphatic carbocycles. The molecule has 0 aromatic heterocycles. The summed E-state index contributed by atoms with van der Waals surface area (Å²) in [5, 5.41) is 11.5. The molecule has 0 heterocycles. The van der Waals surface area contributed by atoms with Gasteiger partial charge in [0.15, 0.2) is 0 Å². The molecule has 4 heteroatoms. The van der Waals surface area contributed by atoms with Gasteiger partial charge in [0.25, 0.3) is 5.91 Å². The lowest BCUT2D eigenvalue weighted by Crippen LogP contribution is -2.11. The fourth-order valence-electron chi connectivity index (χ4n) is 1.73. The first-order valence-corrected chi connectivity index (χ1v) is 6.27. The van der Waals surface area contributed by atoms with E-state index in [0.717, 1.165) is 0 Å². The molecule has 1 N–H and O–H groups in total. The second-order valence-electron chi connectivity index (χ2n) is 4.10.